The zero-order chi connectivity index (χ0) is 12.3. The summed E-state index contributed by atoms with van der Waals surface area (Å²) in [6, 6.07) is 14.0. The summed E-state index contributed by atoms with van der Waals surface area (Å²) in [7, 11) is 0. The van der Waals surface area contributed by atoms with E-state index in [2.05, 4.69) is 0 Å². The van der Waals surface area contributed by atoms with Crippen LogP contribution in [-0.2, 0) is 0 Å². The van der Waals surface area contributed by atoms with Crippen LogP contribution in [-0.4, -0.2) is 5.97 Å². The van der Waals surface area contributed by atoms with Crippen molar-refractivity contribution in [2.75, 3.05) is 0 Å². The number of benzene rings is 2. The van der Waals surface area contributed by atoms with Crippen LogP contribution < -0.4 is 4.74 Å². The molecule has 0 bridgehead atoms. The van der Waals surface area contributed by atoms with E-state index in [1.165, 1.54) is 0 Å². The second-order valence-electron chi connectivity index (χ2n) is 3.67. The number of para-hydroxylation sites is 1. The van der Waals surface area contributed by atoms with Crippen molar-refractivity contribution in [1.82, 2.24) is 0 Å². The number of carbonyl (C=O) groups excluding carboxylic acids is 1. The maximum atomic E-state index is 11.8. The zero-order valence-corrected chi connectivity index (χ0v) is 10.1. The summed E-state index contributed by atoms with van der Waals surface area (Å²) >= 11 is 5.89. The van der Waals surface area contributed by atoms with Gasteiger partial charge in [0.1, 0.15) is 5.75 Å². The highest BCUT2D eigenvalue weighted by Gasteiger charge is 2.09. The molecule has 0 amide bonds. The first kappa shape index (κ1) is 11.7. The first-order valence-electron chi connectivity index (χ1n) is 5.20. The van der Waals surface area contributed by atoms with Crippen molar-refractivity contribution in [2.45, 2.75) is 6.92 Å². The maximum absolute atomic E-state index is 11.8. The fourth-order valence-electron chi connectivity index (χ4n) is 1.43. The van der Waals surface area contributed by atoms with Crippen LogP contribution in [0.4, 0.5) is 0 Å². The summed E-state index contributed by atoms with van der Waals surface area (Å²) in [6.45, 7) is 1.85. The summed E-state index contributed by atoms with van der Waals surface area (Å²) in [5, 5.41) is 0.640. The van der Waals surface area contributed by atoms with Crippen LogP contribution in [0.1, 0.15) is 15.9 Å². The number of aryl methyl sites for hydroxylation is 1. The van der Waals surface area contributed by atoms with Crippen LogP contribution in [0.5, 0.6) is 5.75 Å². The summed E-state index contributed by atoms with van der Waals surface area (Å²) in [5.41, 5.74) is 1.35. The first-order valence-corrected chi connectivity index (χ1v) is 5.58. The molecule has 0 atom stereocenters. The third-order valence-electron chi connectivity index (χ3n) is 2.35. The molecule has 0 aliphatic rings. The quantitative estimate of drug-likeness (QED) is 0.594. The van der Waals surface area contributed by atoms with Crippen LogP contribution in [0.2, 0.25) is 5.02 Å². The van der Waals surface area contributed by atoms with Crippen molar-refractivity contribution >= 4 is 17.6 Å². The van der Waals surface area contributed by atoms with Gasteiger partial charge in [-0.1, -0.05) is 29.8 Å². The summed E-state index contributed by atoms with van der Waals surface area (Å²) < 4.78 is 5.21. The SMILES string of the molecule is Cc1cc(C(=O)Oc2ccccc2)ccc1Cl. The predicted molar refractivity (Wildman–Crippen MR) is 67.6 cm³/mol. The molecule has 86 valence electrons. The van der Waals surface area contributed by atoms with Gasteiger partial charge in [0.2, 0.25) is 0 Å². The van der Waals surface area contributed by atoms with Gasteiger partial charge in [-0.2, -0.15) is 0 Å². The van der Waals surface area contributed by atoms with Gasteiger partial charge in [0, 0.05) is 5.02 Å². The Hall–Kier alpha value is -1.80. The summed E-state index contributed by atoms with van der Waals surface area (Å²) in [5.74, 6) is 0.154. The average molecular weight is 247 g/mol. The average Bonchev–Trinajstić information content (AvgIpc) is 2.34. The van der Waals surface area contributed by atoms with E-state index in [4.69, 9.17) is 16.3 Å². The molecule has 2 nitrogen and oxygen atoms in total. The molecule has 0 radical (unpaired) electrons. The highest BCUT2D eigenvalue weighted by molar-refractivity contribution is 6.31. The third-order valence-corrected chi connectivity index (χ3v) is 2.77. The van der Waals surface area contributed by atoms with Crippen LogP contribution >= 0.6 is 11.6 Å². The molecule has 0 saturated heterocycles. The highest BCUT2D eigenvalue weighted by Crippen LogP contribution is 2.18. The van der Waals surface area contributed by atoms with Crippen molar-refractivity contribution in [3.05, 3.63) is 64.7 Å². The van der Waals surface area contributed by atoms with Gasteiger partial charge >= 0.3 is 5.97 Å². The molecule has 2 aromatic carbocycles. The second-order valence-corrected chi connectivity index (χ2v) is 4.07. The molecule has 0 aromatic heterocycles. The Labute approximate surface area is 105 Å². The van der Waals surface area contributed by atoms with Crippen molar-refractivity contribution in [2.24, 2.45) is 0 Å². The number of hydrogen-bond acceptors (Lipinski definition) is 2. The van der Waals surface area contributed by atoms with Crippen molar-refractivity contribution < 1.29 is 9.53 Å². The molecule has 3 heteroatoms. The van der Waals surface area contributed by atoms with Gasteiger partial charge < -0.3 is 4.74 Å². The Kier molecular flexibility index (Phi) is 3.45. The van der Waals surface area contributed by atoms with Gasteiger partial charge in [-0.25, -0.2) is 4.79 Å². The largest absolute Gasteiger partial charge is 0.423 e. The number of halogens is 1. The lowest BCUT2D eigenvalue weighted by Gasteiger charge is -2.05. The van der Waals surface area contributed by atoms with Crippen LogP contribution in [0.15, 0.2) is 48.5 Å². The smallest absolute Gasteiger partial charge is 0.343 e. The van der Waals surface area contributed by atoms with Gasteiger partial charge in [-0.3, -0.25) is 0 Å². The van der Waals surface area contributed by atoms with E-state index in [1.54, 1.807) is 30.3 Å². The molecule has 0 saturated carbocycles. The van der Waals surface area contributed by atoms with Gasteiger partial charge in [0.15, 0.2) is 0 Å². The molecule has 2 rings (SSSR count). The van der Waals surface area contributed by atoms with Gasteiger partial charge in [-0.05, 0) is 42.8 Å². The van der Waals surface area contributed by atoms with Crippen molar-refractivity contribution in [3.63, 3.8) is 0 Å². The van der Waals surface area contributed by atoms with Gasteiger partial charge in [-0.15, -0.1) is 0 Å². The molecular weight excluding hydrogens is 236 g/mol. The van der Waals surface area contributed by atoms with E-state index in [9.17, 15) is 4.79 Å². The van der Waals surface area contributed by atoms with E-state index >= 15 is 0 Å². The monoisotopic (exact) mass is 246 g/mol. The Bertz CT molecular complexity index is 535. The van der Waals surface area contributed by atoms with Gasteiger partial charge in [0.25, 0.3) is 0 Å². The molecule has 0 heterocycles. The standard InChI is InChI=1S/C14H11ClO2/c1-10-9-11(7-8-13(10)15)14(16)17-12-5-3-2-4-6-12/h2-9H,1H3. The fourth-order valence-corrected chi connectivity index (χ4v) is 1.54. The topological polar surface area (TPSA) is 26.3 Å². The van der Waals surface area contributed by atoms with Gasteiger partial charge in [0.05, 0.1) is 5.56 Å². The molecule has 17 heavy (non-hydrogen) atoms. The maximum Gasteiger partial charge on any atom is 0.343 e. The molecule has 0 spiro atoms. The Balaban J connectivity index is 2.18. The minimum Gasteiger partial charge on any atom is -0.423 e. The highest BCUT2D eigenvalue weighted by atomic mass is 35.5. The Morgan fingerprint density at radius 2 is 1.82 bits per heavy atom. The van der Waals surface area contributed by atoms with E-state index in [0.717, 1.165) is 5.56 Å². The predicted octanol–water partition coefficient (Wildman–Crippen LogP) is 3.87. The lowest BCUT2D eigenvalue weighted by molar-refractivity contribution is 0.0734. The lowest BCUT2D eigenvalue weighted by atomic mass is 10.1. The number of rotatable bonds is 2. The molecule has 2 aromatic rings. The minimum absolute atomic E-state index is 0.379. The van der Waals surface area contributed by atoms with E-state index < -0.39 is 0 Å². The summed E-state index contributed by atoms with van der Waals surface area (Å²) in [6.07, 6.45) is 0. The number of ether oxygens (including phenoxy) is 1. The number of esters is 1. The van der Waals surface area contributed by atoms with Crippen LogP contribution in [0.3, 0.4) is 0 Å². The number of carbonyl (C=O) groups is 1. The zero-order valence-electron chi connectivity index (χ0n) is 9.31. The molecular formula is C14H11ClO2. The normalized spacial score (nSPS) is 10.0. The minimum atomic E-state index is -0.379. The lowest BCUT2D eigenvalue weighted by Crippen LogP contribution is -2.08. The first-order chi connectivity index (χ1) is 8.16. The molecule has 0 unspecified atom stereocenters. The van der Waals surface area contributed by atoms with E-state index in [0.29, 0.717) is 16.3 Å². The Morgan fingerprint density at radius 3 is 2.47 bits per heavy atom. The van der Waals surface area contributed by atoms with E-state index in [1.807, 2.05) is 25.1 Å². The molecule has 0 fully saturated rings. The Morgan fingerprint density at radius 1 is 1.12 bits per heavy atom. The van der Waals surface area contributed by atoms with E-state index in [-0.39, 0.29) is 5.97 Å². The third kappa shape index (κ3) is 2.86. The summed E-state index contributed by atoms with van der Waals surface area (Å²) in [4.78, 5) is 11.8. The van der Waals surface area contributed by atoms with Crippen molar-refractivity contribution in [3.8, 4) is 5.75 Å². The van der Waals surface area contributed by atoms with Crippen molar-refractivity contribution in [1.29, 1.82) is 0 Å². The molecule has 0 N–H and O–H groups in total. The fraction of sp³-hybridized carbons (Fsp3) is 0.0714. The molecule has 0 aliphatic carbocycles. The molecule has 0 aliphatic heterocycles. The second kappa shape index (κ2) is 5.02. The van der Waals surface area contributed by atoms with Crippen LogP contribution in [0, 0.1) is 6.92 Å². The number of hydrogen-bond donors (Lipinski definition) is 0. The van der Waals surface area contributed by atoms with Crippen LogP contribution in [0.25, 0.3) is 0 Å².